The van der Waals surface area contributed by atoms with Crippen LogP contribution in [0, 0.1) is 5.92 Å². The van der Waals surface area contributed by atoms with E-state index in [1.807, 2.05) is 6.92 Å². The first-order valence-corrected chi connectivity index (χ1v) is 4.43. The molecule has 0 saturated carbocycles. The van der Waals surface area contributed by atoms with Crippen LogP contribution in [0.25, 0.3) is 0 Å². The van der Waals surface area contributed by atoms with E-state index in [1.165, 1.54) is 4.80 Å². The van der Waals surface area contributed by atoms with Gasteiger partial charge in [0.1, 0.15) is 11.8 Å². The minimum atomic E-state index is -0.594. The van der Waals surface area contributed by atoms with E-state index in [2.05, 4.69) is 10.2 Å². The second-order valence-corrected chi connectivity index (χ2v) is 3.11. The van der Waals surface area contributed by atoms with Gasteiger partial charge in [-0.1, -0.05) is 6.92 Å². The summed E-state index contributed by atoms with van der Waals surface area (Å²) in [6, 6.07) is 0. The molecule has 0 aliphatic carbocycles. The van der Waals surface area contributed by atoms with E-state index in [9.17, 15) is 5.11 Å². The Morgan fingerprint density at radius 3 is 2.77 bits per heavy atom. The van der Waals surface area contributed by atoms with E-state index in [4.69, 9.17) is 5.73 Å². The summed E-state index contributed by atoms with van der Waals surface area (Å²) in [6.07, 6.45) is 1.82. The summed E-state index contributed by atoms with van der Waals surface area (Å²) in [5, 5.41) is 17.7. The van der Waals surface area contributed by atoms with Crippen molar-refractivity contribution in [2.75, 3.05) is 6.54 Å². The summed E-state index contributed by atoms with van der Waals surface area (Å²) in [4.78, 5) is 1.43. The van der Waals surface area contributed by atoms with Gasteiger partial charge in [0.25, 0.3) is 0 Å². The van der Waals surface area contributed by atoms with Gasteiger partial charge in [0.2, 0.25) is 0 Å². The fraction of sp³-hybridized carbons (Fsp3) is 0.750. The molecule has 13 heavy (non-hydrogen) atoms. The van der Waals surface area contributed by atoms with E-state index in [1.54, 1.807) is 13.2 Å². The van der Waals surface area contributed by atoms with Crippen LogP contribution in [0.15, 0.2) is 6.20 Å². The van der Waals surface area contributed by atoms with Gasteiger partial charge >= 0.3 is 0 Å². The molecule has 1 aromatic rings. The van der Waals surface area contributed by atoms with Crippen LogP contribution in [0.2, 0.25) is 0 Å². The lowest BCUT2D eigenvalue weighted by Gasteiger charge is -2.16. The lowest BCUT2D eigenvalue weighted by Crippen LogP contribution is -2.21. The van der Waals surface area contributed by atoms with Crippen molar-refractivity contribution in [1.29, 1.82) is 0 Å². The van der Waals surface area contributed by atoms with Gasteiger partial charge < -0.3 is 10.8 Å². The summed E-state index contributed by atoms with van der Waals surface area (Å²) in [7, 11) is 1.72. The summed E-state index contributed by atoms with van der Waals surface area (Å²) in [6.45, 7) is 2.46. The summed E-state index contributed by atoms with van der Waals surface area (Å²) >= 11 is 0. The third kappa shape index (κ3) is 2.26. The van der Waals surface area contributed by atoms with Gasteiger partial charge in [-0.15, -0.1) is 0 Å². The fourth-order valence-electron chi connectivity index (χ4n) is 1.26. The second kappa shape index (κ2) is 4.34. The molecule has 0 fully saturated rings. The van der Waals surface area contributed by atoms with Crippen LogP contribution in [-0.2, 0) is 7.05 Å². The standard InChI is InChI=1S/C8H16N4O/c1-3-6(4-9)8(13)7-5-10-12(2)11-7/h5-6,8,13H,3-4,9H2,1-2H3. The Morgan fingerprint density at radius 1 is 1.69 bits per heavy atom. The van der Waals surface area contributed by atoms with Crippen molar-refractivity contribution in [1.82, 2.24) is 15.0 Å². The molecule has 0 saturated heterocycles. The second-order valence-electron chi connectivity index (χ2n) is 3.11. The SMILES string of the molecule is CCC(CN)C(O)c1cnn(C)n1. The molecule has 1 aromatic heterocycles. The topological polar surface area (TPSA) is 77.0 Å². The maximum atomic E-state index is 9.80. The van der Waals surface area contributed by atoms with Crippen LogP contribution in [0.5, 0.6) is 0 Å². The van der Waals surface area contributed by atoms with E-state index in [-0.39, 0.29) is 5.92 Å². The highest BCUT2D eigenvalue weighted by molar-refractivity contribution is 4.98. The minimum absolute atomic E-state index is 0.0664. The first kappa shape index (κ1) is 10.1. The Morgan fingerprint density at radius 2 is 2.38 bits per heavy atom. The van der Waals surface area contributed by atoms with Crippen molar-refractivity contribution in [2.24, 2.45) is 18.7 Å². The van der Waals surface area contributed by atoms with Crippen molar-refractivity contribution in [2.45, 2.75) is 19.4 Å². The molecule has 0 radical (unpaired) electrons. The molecule has 1 rings (SSSR count). The number of aliphatic hydroxyl groups is 1. The Labute approximate surface area is 77.6 Å². The molecule has 5 heteroatoms. The zero-order valence-corrected chi connectivity index (χ0v) is 8.01. The predicted octanol–water partition coefficient (Wildman–Crippen LogP) is -0.167. The molecule has 5 nitrogen and oxygen atoms in total. The van der Waals surface area contributed by atoms with Crippen molar-refractivity contribution in [3.8, 4) is 0 Å². The van der Waals surface area contributed by atoms with Crippen LogP contribution in [0.4, 0.5) is 0 Å². The van der Waals surface area contributed by atoms with Gasteiger partial charge in [-0.25, -0.2) is 0 Å². The first-order chi connectivity index (χ1) is 6.19. The number of aliphatic hydroxyl groups excluding tert-OH is 1. The third-order valence-corrected chi connectivity index (χ3v) is 2.19. The van der Waals surface area contributed by atoms with Gasteiger partial charge in [-0.3, -0.25) is 0 Å². The van der Waals surface area contributed by atoms with Crippen LogP contribution in [-0.4, -0.2) is 26.6 Å². The average Bonchev–Trinajstić information content (AvgIpc) is 2.54. The number of aromatic nitrogens is 3. The summed E-state index contributed by atoms with van der Waals surface area (Å²) < 4.78 is 0. The third-order valence-electron chi connectivity index (χ3n) is 2.19. The number of rotatable bonds is 4. The lowest BCUT2D eigenvalue weighted by atomic mass is 9.98. The molecule has 0 aromatic carbocycles. The van der Waals surface area contributed by atoms with Gasteiger partial charge in [0.05, 0.1) is 6.20 Å². The molecule has 2 atom stereocenters. The highest BCUT2D eigenvalue weighted by Gasteiger charge is 2.20. The molecule has 2 unspecified atom stereocenters. The maximum Gasteiger partial charge on any atom is 0.111 e. The van der Waals surface area contributed by atoms with Crippen molar-refractivity contribution < 1.29 is 5.11 Å². The van der Waals surface area contributed by atoms with Crippen LogP contribution in [0.3, 0.4) is 0 Å². The van der Waals surface area contributed by atoms with Gasteiger partial charge in [-0.05, 0) is 13.0 Å². The Balaban J connectivity index is 2.71. The number of hydrogen-bond donors (Lipinski definition) is 2. The van der Waals surface area contributed by atoms with Crippen molar-refractivity contribution in [3.05, 3.63) is 11.9 Å². The average molecular weight is 184 g/mol. The Bertz CT molecular complexity index is 256. The quantitative estimate of drug-likeness (QED) is 0.681. The van der Waals surface area contributed by atoms with E-state index in [0.717, 1.165) is 6.42 Å². The molecule has 74 valence electrons. The number of hydrogen-bond acceptors (Lipinski definition) is 4. The molecule has 1 heterocycles. The van der Waals surface area contributed by atoms with Crippen LogP contribution in [0.1, 0.15) is 25.1 Å². The van der Waals surface area contributed by atoms with E-state index in [0.29, 0.717) is 12.2 Å². The summed E-state index contributed by atoms with van der Waals surface area (Å²) in [5.74, 6) is 0.0664. The molecule has 0 spiro atoms. The van der Waals surface area contributed by atoms with Gasteiger partial charge in [-0.2, -0.15) is 15.0 Å². The molecule has 3 N–H and O–H groups in total. The molecule has 0 amide bonds. The Hall–Kier alpha value is -0.940. The highest BCUT2D eigenvalue weighted by atomic mass is 16.3. The smallest absolute Gasteiger partial charge is 0.111 e. The minimum Gasteiger partial charge on any atom is -0.386 e. The fourth-order valence-corrected chi connectivity index (χ4v) is 1.26. The number of nitrogens with zero attached hydrogens (tertiary/aromatic N) is 3. The number of nitrogens with two attached hydrogens (primary N) is 1. The van der Waals surface area contributed by atoms with Crippen molar-refractivity contribution >= 4 is 0 Å². The van der Waals surface area contributed by atoms with Crippen LogP contribution < -0.4 is 5.73 Å². The normalized spacial score (nSPS) is 15.7. The largest absolute Gasteiger partial charge is 0.386 e. The zero-order chi connectivity index (χ0) is 9.84. The monoisotopic (exact) mass is 184 g/mol. The number of aryl methyl sites for hydroxylation is 1. The molecule has 0 bridgehead atoms. The summed E-state index contributed by atoms with van der Waals surface area (Å²) in [5.41, 5.74) is 6.11. The van der Waals surface area contributed by atoms with E-state index < -0.39 is 6.10 Å². The van der Waals surface area contributed by atoms with Crippen molar-refractivity contribution in [3.63, 3.8) is 0 Å². The molecular weight excluding hydrogens is 168 g/mol. The van der Waals surface area contributed by atoms with E-state index >= 15 is 0 Å². The predicted molar refractivity (Wildman–Crippen MR) is 48.8 cm³/mol. The first-order valence-electron chi connectivity index (χ1n) is 4.43. The zero-order valence-electron chi connectivity index (χ0n) is 8.01. The Kier molecular flexibility index (Phi) is 3.39. The van der Waals surface area contributed by atoms with Gasteiger partial charge in [0.15, 0.2) is 0 Å². The lowest BCUT2D eigenvalue weighted by molar-refractivity contribution is 0.105. The molecular formula is C8H16N4O. The maximum absolute atomic E-state index is 9.80. The van der Waals surface area contributed by atoms with Crippen LogP contribution >= 0.6 is 0 Å². The van der Waals surface area contributed by atoms with Gasteiger partial charge in [0, 0.05) is 13.0 Å². The molecule has 0 aliphatic heterocycles. The molecule has 0 aliphatic rings. The highest BCUT2D eigenvalue weighted by Crippen LogP contribution is 2.20.